The summed E-state index contributed by atoms with van der Waals surface area (Å²) in [5, 5.41) is 9.84. The standard InChI is InChI=1S/C18H16N4O2/c1-21-11-20-15-5-3-12(9-16(15)21)22-8-7-19-18(22)14-10-13(23)4-6-17(14)24-2/h3-11,23H,1-2H3. The van der Waals surface area contributed by atoms with Gasteiger partial charge in [0.25, 0.3) is 0 Å². The van der Waals surface area contributed by atoms with E-state index in [9.17, 15) is 5.11 Å². The average Bonchev–Trinajstić information content (AvgIpc) is 3.22. The van der Waals surface area contributed by atoms with Crippen LogP contribution in [0.3, 0.4) is 0 Å². The third-order valence-electron chi connectivity index (χ3n) is 4.05. The van der Waals surface area contributed by atoms with Gasteiger partial charge in [-0.3, -0.25) is 4.57 Å². The first-order valence-electron chi connectivity index (χ1n) is 7.49. The number of rotatable bonds is 3. The summed E-state index contributed by atoms with van der Waals surface area (Å²) in [5.74, 6) is 1.52. The Morgan fingerprint density at radius 2 is 1.96 bits per heavy atom. The lowest BCUT2D eigenvalue weighted by molar-refractivity contribution is 0.413. The minimum absolute atomic E-state index is 0.169. The number of aryl methyl sites for hydroxylation is 1. The van der Waals surface area contributed by atoms with E-state index in [1.807, 2.05) is 34.5 Å². The van der Waals surface area contributed by atoms with Crippen molar-refractivity contribution in [2.45, 2.75) is 0 Å². The van der Waals surface area contributed by atoms with Crippen molar-refractivity contribution in [3.8, 4) is 28.6 Å². The van der Waals surface area contributed by atoms with Crippen molar-refractivity contribution in [2.75, 3.05) is 7.11 Å². The molecule has 4 aromatic rings. The number of imidazole rings is 2. The SMILES string of the molecule is COc1ccc(O)cc1-c1nccn1-c1ccc2ncn(C)c2c1. The number of aromatic nitrogens is 4. The van der Waals surface area contributed by atoms with Crippen molar-refractivity contribution in [1.82, 2.24) is 19.1 Å². The molecule has 6 nitrogen and oxygen atoms in total. The first-order chi connectivity index (χ1) is 11.7. The van der Waals surface area contributed by atoms with Crippen LogP contribution in [0.4, 0.5) is 0 Å². The normalized spacial score (nSPS) is 11.1. The Morgan fingerprint density at radius 1 is 1.08 bits per heavy atom. The van der Waals surface area contributed by atoms with Gasteiger partial charge in [-0.25, -0.2) is 9.97 Å². The summed E-state index contributed by atoms with van der Waals surface area (Å²) in [4.78, 5) is 8.80. The minimum atomic E-state index is 0.169. The summed E-state index contributed by atoms with van der Waals surface area (Å²) in [7, 11) is 3.57. The summed E-state index contributed by atoms with van der Waals surface area (Å²) in [6, 6.07) is 11.0. The summed E-state index contributed by atoms with van der Waals surface area (Å²) in [6.07, 6.45) is 5.41. The van der Waals surface area contributed by atoms with Gasteiger partial charge in [0.2, 0.25) is 0 Å². The summed E-state index contributed by atoms with van der Waals surface area (Å²) < 4.78 is 9.35. The number of aromatic hydroxyl groups is 1. The van der Waals surface area contributed by atoms with E-state index in [1.165, 1.54) is 0 Å². The number of phenolic OH excluding ortho intramolecular Hbond substituents is 1. The van der Waals surface area contributed by atoms with Crippen LogP contribution in [0.5, 0.6) is 11.5 Å². The van der Waals surface area contributed by atoms with Crippen LogP contribution in [0.15, 0.2) is 55.1 Å². The van der Waals surface area contributed by atoms with Crippen LogP contribution in [-0.2, 0) is 7.05 Å². The highest BCUT2D eigenvalue weighted by atomic mass is 16.5. The van der Waals surface area contributed by atoms with Crippen molar-refractivity contribution in [1.29, 1.82) is 0 Å². The average molecular weight is 320 g/mol. The van der Waals surface area contributed by atoms with E-state index in [-0.39, 0.29) is 5.75 Å². The molecule has 0 fully saturated rings. The molecular formula is C18H16N4O2. The van der Waals surface area contributed by atoms with E-state index in [0.29, 0.717) is 11.6 Å². The molecule has 0 radical (unpaired) electrons. The molecule has 0 bridgehead atoms. The summed E-state index contributed by atoms with van der Waals surface area (Å²) in [5.41, 5.74) is 3.67. The highest BCUT2D eigenvalue weighted by Crippen LogP contribution is 2.33. The third kappa shape index (κ3) is 2.20. The van der Waals surface area contributed by atoms with Crippen LogP contribution < -0.4 is 4.74 Å². The molecule has 0 amide bonds. The van der Waals surface area contributed by atoms with Gasteiger partial charge in [0.05, 0.1) is 30.0 Å². The lowest BCUT2D eigenvalue weighted by Gasteiger charge is -2.12. The van der Waals surface area contributed by atoms with Crippen LogP contribution in [0.1, 0.15) is 0 Å². The minimum Gasteiger partial charge on any atom is -0.508 e. The highest BCUT2D eigenvalue weighted by molar-refractivity contribution is 5.78. The maximum absolute atomic E-state index is 9.84. The topological polar surface area (TPSA) is 65.1 Å². The number of fused-ring (bicyclic) bond motifs is 1. The molecule has 0 unspecified atom stereocenters. The largest absolute Gasteiger partial charge is 0.508 e. The Morgan fingerprint density at radius 3 is 2.79 bits per heavy atom. The summed E-state index contributed by atoms with van der Waals surface area (Å²) in [6.45, 7) is 0. The maximum Gasteiger partial charge on any atom is 0.148 e. The fraction of sp³-hybridized carbons (Fsp3) is 0.111. The highest BCUT2D eigenvalue weighted by Gasteiger charge is 2.14. The van der Waals surface area contributed by atoms with Gasteiger partial charge in [-0.05, 0) is 36.4 Å². The van der Waals surface area contributed by atoms with Gasteiger partial charge in [0.15, 0.2) is 0 Å². The lowest BCUT2D eigenvalue weighted by Crippen LogP contribution is -1.98. The molecule has 6 heteroatoms. The van der Waals surface area contributed by atoms with Gasteiger partial charge in [-0.15, -0.1) is 0 Å². The first kappa shape index (κ1) is 14.3. The molecule has 1 N–H and O–H groups in total. The van der Waals surface area contributed by atoms with Gasteiger partial charge in [-0.2, -0.15) is 0 Å². The Kier molecular flexibility index (Phi) is 3.23. The molecule has 120 valence electrons. The predicted octanol–water partition coefficient (Wildman–Crippen LogP) is 3.14. The fourth-order valence-electron chi connectivity index (χ4n) is 2.85. The second kappa shape index (κ2) is 5.42. The van der Waals surface area contributed by atoms with E-state index < -0.39 is 0 Å². The quantitative estimate of drug-likeness (QED) is 0.630. The van der Waals surface area contributed by atoms with E-state index in [4.69, 9.17) is 4.74 Å². The maximum atomic E-state index is 9.84. The van der Waals surface area contributed by atoms with Gasteiger partial charge in [0, 0.05) is 25.1 Å². The second-order valence-electron chi connectivity index (χ2n) is 5.53. The Labute approximate surface area is 138 Å². The third-order valence-corrected chi connectivity index (χ3v) is 4.05. The number of nitrogens with zero attached hydrogens (tertiary/aromatic N) is 4. The molecule has 0 aliphatic heterocycles. The number of methoxy groups -OCH3 is 1. The second-order valence-corrected chi connectivity index (χ2v) is 5.53. The van der Waals surface area contributed by atoms with E-state index in [2.05, 4.69) is 16.0 Å². The smallest absolute Gasteiger partial charge is 0.148 e. The zero-order valence-corrected chi connectivity index (χ0v) is 13.3. The van der Waals surface area contributed by atoms with Gasteiger partial charge in [-0.1, -0.05) is 0 Å². The van der Waals surface area contributed by atoms with Crippen LogP contribution in [0, 0.1) is 0 Å². The molecule has 2 heterocycles. The van der Waals surface area contributed by atoms with E-state index in [0.717, 1.165) is 22.3 Å². The van der Waals surface area contributed by atoms with E-state index >= 15 is 0 Å². The van der Waals surface area contributed by atoms with E-state index in [1.54, 1.807) is 37.8 Å². The van der Waals surface area contributed by atoms with Crippen LogP contribution in [0.25, 0.3) is 28.1 Å². The number of phenols is 1. The van der Waals surface area contributed by atoms with Gasteiger partial charge in [0.1, 0.15) is 17.3 Å². The molecule has 2 aromatic heterocycles. The van der Waals surface area contributed by atoms with Crippen molar-refractivity contribution in [3.63, 3.8) is 0 Å². The lowest BCUT2D eigenvalue weighted by atomic mass is 10.1. The number of hydrogen-bond donors (Lipinski definition) is 1. The molecule has 0 aliphatic rings. The zero-order valence-electron chi connectivity index (χ0n) is 13.3. The number of ether oxygens (including phenoxy) is 1. The van der Waals surface area contributed by atoms with Crippen LogP contribution in [-0.4, -0.2) is 31.3 Å². The van der Waals surface area contributed by atoms with Gasteiger partial charge >= 0.3 is 0 Å². The molecule has 0 aliphatic carbocycles. The molecule has 0 saturated carbocycles. The fourth-order valence-corrected chi connectivity index (χ4v) is 2.85. The Bertz CT molecular complexity index is 1030. The van der Waals surface area contributed by atoms with Crippen molar-refractivity contribution in [2.24, 2.45) is 7.05 Å². The molecule has 0 spiro atoms. The number of hydrogen-bond acceptors (Lipinski definition) is 4. The monoisotopic (exact) mass is 320 g/mol. The predicted molar refractivity (Wildman–Crippen MR) is 91.5 cm³/mol. The molecular weight excluding hydrogens is 304 g/mol. The molecule has 0 atom stereocenters. The Balaban J connectivity index is 1.91. The Hall–Kier alpha value is -3.28. The molecule has 24 heavy (non-hydrogen) atoms. The first-order valence-corrected chi connectivity index (χ1v) is 7.49. The van der Waals surface area contributed by atoms with Crippen LogP contribution in [0.2, 0.25) is 0 Å². The van der Waals surface area contributed by atoms with Crippen molar-refractivity contribution in [3.05, 3.63) is 55.1 Å². The van der Waals surface area contributed by atoms with Crippen LogP contribution >= 0.6 is 0 Å². The van der Waals surface area contributed by atoms with Crippen molar-refractivity contribution < 1.29 is 9.84 Å². The van der Waals surface area contributed by atoms with Crippen molar-refractivity contribution >= 4 is 11.0 Å². The molecule has 4 rings (SSSR count). The zero-order chi connectivity index (χ0) is 16.7. The summed E-state index contributed by atoms with van der Waals surface area (Å²) >= 11 is 0. The van der Waals surface area contributed by atoms with Gasteiger partial charge < -0.3 is 14.4 Å². The molecule has 2 aromatic carbocycles. The molecule has 0 saturated heterocycles. The number of benzene rings is 2.